The number of para-hydroxylation sites is 1. The third-order valence-corrected chi connectivity index (χ3v) is 3.89. The molecule has 1 fully saturated rings. The first kappa shape index (κ1) is 18.2. The zero-order valence-corrected chi connectivity index (χ0v) is 14.4. The third kappa shape index (κ3) is 5.49. The summed E-state index contributed by atoms with van der Waals surface area (Å²) in [6, 6.07) is 6.91. The van der Waals surface area contributed by atoms with Crippen molar-refractivity contribution in [1.82, 2.24) is 10.2 Å². The quantitative estimate of drug-likeness (QED) is 0.675. The van der Waals surface area contributed by atoms with Crippen molar-refractivity contribution in [2.45, 2.75) is 51.8 Å². The standard InChI is InChI=1S/C17H25N3O4/c1-17(2,3)24-16(21)18-14-8-10-19(11-9-14)12-13-6-4-5-7-15(13)20(22)23/h4-7,14H,8-12H2,1-3H3,(H,18,21). The molecule has 1 aromatic rings. The van der Waals surface area contributed by atoms with Crippen LogP contribution < -0.4 is 5.32 Å². The number of carbonyl (C=O) groups is 1. The maximum atomic E-state index is 11.8. The van der Waals surface area contributed by atoms with Crippen LogP contribution in [0.25, 0.3) is 0 Å². The molecule has 7 heteroatoms. The highest BCUT2D eigenvalue weighted by atomic mass is 16.6. The lowest BCUT2D eigenvalue weighted by atomic mass is 10.0. The largest absolute Gasteiger partial charge is 0.444 e. The summed E-state index contributed by atoms with van der Waals surface area (Å²) in [7, 11) is 0. The molecule has 1 aliphatic rings. The monoisotopic (exact) mass is 335 g/mol. The molecule has 0 aliphatic carbocycles. The van der Waals surface area contributed by atoms with Gasteiger partial charge < -0.3 is 10.1 Å². The molecule has 0 bridgehead atoms. The minimum absolute atomic E-state index is 0.0851. The van der Waals surface area contributed by atoms with Crippen molar-refractivity contribution in [3.8, 4) is 0 Å². The van der Waals surface area contributed by atoms with Crippen molar-refractivity contribution in [3.05, 3.63) is 39.9 Å². The average Bonchev–Trinajstić information content (AvgIpc) is 2.47. The van der Waals surface area contributed by atoms with Crippen LogP contribution in [0, 0.1) is 10.1 Å². The Morgan fingerprint density at radius 2 is 1.96 bits per heavy atom. The molecule has 132 valence electrons. The molecule has 0 atom stereocenters. The van der Waals surface area contributed by atoms with E-state index < -0.39 is 5.60 Å². The highest BCUT2D eigenvalue weighted by molar-refractivity contribution is 5.68. The lowest BCUT2D eigenvalue weighted by Crippen LogP contribution is -2.45. The number of hydrogen-bond donors (Lipinski definition) is 1. The predicted octanol–water partition coefficient (Wildman–Crippen LogP) is 3.08. The van der Waals surface area contributed by atoms with Crippen molar-refractivity contribution in [3.63, 3.8) is 0 Å². The summed E-state index contributed by atoms with van der Waals surface area (Å²) < 4.78 is 5.27. The Labute approximate surface area is 142 Å². The van der Waals surface area contributed by atoms with Crippen molar-refractivity contribution < 1.29 is 14.5 Å². The second kappa shape index (κ2) is 7.61. The summed E-state index contributed by atoms with van der Waals surface area (Å²) in [6.45, 7) is 7.63. The van der Waals surface area contributed by atoms with Gasteiger partial charge in [-0.05, 0) is 33.6 Å². The van der Waals surface area contributed by atoms with Crippen LogP contribution >= 0.6 is 0 Å². The molecular weight excluding hydrogens is 310 g/mol. The average molecular weight is 335 g/mol. The van der Waals surface area contributed by atoms with Gasteiger partial charge in [0, 0.05) is 37.3 Å². The maximum absolute atomic E-state index is 11.8. The maximum Gasteiger partial charge on any atom is 0.407 e. The molecule has 1 aromatic carbocycles. The van der Waals surface area contributed by atoms with Gasteiger partial charge in [-0.3, -0.25) is 15.0 Å². The zero-order valence-electron chi connectivity index (χ0n) is 14.4. The summed E-state index contributed by atoms with van der Waals surface area (Å²) >= 11 is 0. The molecule has 1 saturated heterocycles. The van der Waals surface area contributed by atoms with Gasteiger partial charge in [-0.1, -0.05) is 18.2 Å². The van der Waals surface area contributed by atoms with Crippen LogP contribution in [0.2, 0.25) is 0 Å². The number of benzene rings is 1. The first-order chi connectivity index (χ1) is 11.2. The van der Waals surface area contributed by atoms with Gasteiger partial charge in [-0.2, -0.15) is 0 Å². The molecule has 1 N–H and O–H groups in total. The molecule has 0 unspecified atom stereocenters. The fourth-order valence-corrected chi connectivity index (χ4v) is 2.77. The number of nitro groups is 1. The molecule has 0 spiro atoms. The SMILES string of the molecule is CC(C)(C)OC(=O)NC1CCN(Cc2ccccc2[N+](=O)[O-])CC1. The van der Waals surface area contributed by atoms with Crippen molar-refractivity contribution >= 4 is 11.8 Å². The van der Waals surface area contributed by atoms with E-state index in [9.17, 15) is 14.9 Å². The molecule has 1 amide bonds. The van der Waals surface area contributed by atoms with E-state index in [-0.39, 0.29) is 22.7 Å². The minimum atomic E-state index is -0.503. The fourth-order valence-electron chi connectivity index (χ4n) is 2.77. The molecule has 0 radical (unpaired) electrons. The third-order valence-electron chi connectivity index (χ3n) is 3.89. The summed E-state index contributed by atoms with van der Waals surface area (Å²) in [5, 5.41) is 14.0. The van der Waals surface area contributed by atoms with Crippen molar-refractivity contribution in [1.29, 1.82) is 0 Å². The van der Waals surface area contributed by atoms with Gasteiger partial charge in [-0.25, -0.2) is 4.79 Å². The Kier molecular flexibility index (Phi) is 5.77. The van der Waals surface area contributed by atoms with Crippen LogP contribution in [0.15, 0.2) is 24.3 Å². The van der Waals surface area contributed by atoms with Gasteiger partial charge in [0.05, 0.1) is 4.92 Å². The van der Waals surface area contributed by atoms with Gasteiger partial charge in [0.1, 0.15) is 5.60 Å². The number of nitro benzene ring substituents is 1. The van der Waals surface area contributed by atoms with Crippen molar-refractivity contribution in [2.75, 3.05) is 13.1 Å². The molecule has 0 saturated carbocycles. The minimum Gasteiger partial charge on any atom is -0.444 e. The Bertz CT molecular complexity index is 590. The van der Waals surface area contributed by atoms with Crippen LogP contribution in [-0.2, 0) is 11.3 Å². The molecule has 7 nitrogen and oxygen atoms in total. The second-order valence-corrected chi connectivity index (χ2v) is 7.08. The van der Waals surface area contributed by atoms with Crippen molar-refractivity contribution in [2.24, 2.45) is 0 Å². The van der Waals surface area contributed by atoms with Gasteiger partial charge in [0.15, 0.2) is 0 Å². The van der Waals surface area contributed by atoms with E-state index in [4.69, 9.17) is 4.74 Å². The first-order valence-electron chi connectivity index (χ1n) is 8.19. The smallest absolute Gasteiger partial charge is 0.407 e. The fraction of sp³-hybridized carbons (Fsp3) is 0.588. The van der Waals surface area contributed by atoms with Crippen LogP contribution in [0.5, 0.6) is 0 Å². The number of nitrogens with zero attached hydrogens (tertiary/aromatic N) is 2. The lowest BCUT2D eigenvalue weighted by molar-refractivity contribution is -0.385. The van der Waals surface area contributed by atoms with E-state index in [1.807, 2.05) is 26.8 Å². The van der Waals surface area contributed by atoms with E-state index in [1.54, 1.807) is 12.1 Å². The molecule has 24 heavy (non-hydrogen) atoms. The van der Waals surface area contributed by atoms with E-state index in [0.29, 0.717) is 6.54 Å². The molecule has 1 heterocycles. The van der Waals surface area contributed by atoms with E-state index in [0.717, 1.165) is 31.5 Å². The Hall–Kier alpha value is -2.15. The highest BCUT2D eigenvalue weighted by Crippen LogP contribution is 2.21. The molecule has 2 rings (SSSR count). The molecule has 1 aliphatic heterocycles. The van der Waals surface area contributed by atoms with Crippen LogP contribution in [-0.4, -0.2) is 40.6 Å². The van der Waals surface area contributed by atoms with E-state index in [2.05, 4.69) is 10.2 Å². The number of hydrogen-bond acceptors (Lipinski definition) is 5. The zero-order chi connectivity index (χ0) is 17.7. The summed E-state index contributed by atoms with van der Waals surface area (Å²) in [5.41, 5.74) is 0.379. The van der Waals surface area contributed by atoms with E-state index in [1.165, 1.54) is 6.07 Å². The number of likely N-dealkylation sites (tertiary alicyclic amines) is 1. The van der Waals surface area contributed by atoms with Crippen LogP contribution in [0.1, 0.15) is 39.2 Å². The number of carbonyl (C=O) groups excluding carboxylic acids is 1. The summed E-state index contributed by atoms with van der Waals surface area (Å²) in [4.78, 5) is 24.7. The number of piperidine rings is 1. The van der Waals surface area contributed by atoms with Crippen LogP contribution in [0.3, 0.4) is 0 Å². The second-order valence-electron chi connectivity index (χ2n) is 7.08. The Balaban J connectivity index is 1.83. The summed E-state index contributed by atoms with van der Waals surface area (Å²) in [5.74, 6) is 0. The summed E-state index contributed by atoms with van der Waals surface area (Å²) in [6.07, 6.45) is 1.22. The van der Waals surface area contributed by atoms with Crippen LogP contribution in [0.4, 0.5) is 10.5 Å². The lowest BCUT2D eigenvalue weighted by Gasteiger charge is -2.32. The first-order valence-corrected chi connectivity index (χ1v) is 8.19. The molecular formula is C17H25N3O4. The van der Waals surface area contributed by atoms with E-state index >= 15 is 0 Å². The Morgan fingerprint density at radius 3 is 2.54 bits per heavy atom. The normalized spacial score (nSPS) is 16.6. The highest BCUT2D eigenvalue weighted by Gasteiger charge is 2.24. The number of amides is 1. The van der Waals surface area contributed by atoms with Gasteiger partial charge in [-0.15, -0.1) is 0 Å². The number of rotatable bonds is 4. The van der Waals surface area contributed by atoms with Gasteiger partial charge >= 0.3 is 6.09 Å². The molecule has 0 aromatic heterocycles. The topological polar surface area (TPSA) is 84.7 Å². The number of ether oxygens (including phenoxy) is 1. The number of alkyl carbamates (subject to hydrolysis) is 1. The Morgan fingerprint density at radius 1 is 1.33 bits per heavy atom. The predicted molar refractivity (Wildman–Crippen MR) is 90.8 cm³/mol. The number of nitrogens with one attached hydrogen (secondary N) is 1. The van der Waals surface area contributed by atoms with Gasteiger partial charge in [0.25, 0.3) is 5.69 Å². The van der Waals surface area contributed by atoms with Gasteiger partial charge in [0.2, 0.25) is 0 Å².